The van der Waals surface area contributed by atoms with E-state index in [1.165, 1.54) is 43.8 Å². The summed E-state index contributed by atoms with van der Waals surface area (Å²) >= 11 is 16.8. The number of ether oxygens (including phenoxy) is 3. The molecule has 2 fully saturated rings. The Morgan fingerprint density at radius 2 is 1.24 bits per heavy atom. The van der Waals surface area contributed by atoms with Gasteiger partial charge in [-0.2, -0.15) is 0 Å². The number of amides is 2. The smallest absolute Gasteiger partial charge is 0.367 e. The van der Waals surface area contributed by atoms with E-state index >= 15 is 0 Å². The van der Waals surface area contributed by atoms with Crippen LogP contribution in [-0.4, -0.2) is 65.4 Å². The zero-order valence-electron chi connectivity index (χ0n) is 28.8. The zero-order chi connectivity index (χ0) is 38.4. The quantitative estimate of drug-likeness (QED) is 0.0761. The lowest BCUT2D eigenvalue weighted by atomic mass is 9.91. The lowest BCUT2D eigenvalue weighted by Crippen LogP contribution is -2.52. The largest absolute Gasteiger partial charge is 0.457 e. The normalized spacial score (nSPS) is 17.6. The second-order valence-corrected chi connectivity index (χ2v) is 18.3. The maximum absolute atomic E-state index is 14.6. The number of rotatable bonds is 10. The maximum Gasteiger partial charge on any atom is 0.367 e. The number of thiophene rings is 3. The van der Waals surface area contributed by atoms with E-state index in [0.717, 1.165) is 28.2 Å². The molecule has 6 heterocycles. The summed E-state index contributed by atoms with van der Waals surface area (Å²) < 4.78 is 20.7. The van der Waals surface area contributed by atoms with Gasteiger partial charge in [-0.1, -0.05) is 85.1 Å². The highest BCUT2D eigenvalue weighted by molar-refractivity contribution is 8.35. The molecule has 0 saturated carbocycles. The van der Waals surface area contributed by atoms with E-state index in [9.17, 15) is 19.2 Å². The van der Waals surface area contributed by atoms with Crippen LogP contribution in [0.3, 0.4) is 0 Å². The van der Waals surface area contributed by atoms with Crippen LogP contribution in [0.2, 0.25) is 0 Å². The molecule has 5 aromatic rings. The fraction of sp³-hybridized carbons (Fsp3) is 0.189. The Labute approximate surface area is 345 Å². The molecule has 0 N–H and O–H groups in total. The van der Waals surface area contributed by atoms with Crippen molar-refractivity contribution in [2.75, 3.05) is 13.1 Å². The first kappa shape index (κ1) is 37.6. The Morgan fingerprint density at radius 1 is 0.727 bits per heavy atom. The molecule has 8 rings (SSSR count). The van der Waals surface area contributed by atoms with Gasteiger partial charge >= 0.3 is 17.5 Å². The van der Waals surface area contributed by atoms with E-state index in [1.54, 1.807) is 30.3 Å². The average molecular weight is 863 g/mol. The number of benzene rings is 2. The van der Waals surface area contributed by atoms with E-state index < -0.39 is 17.5 Å². The van der Waals surface area contributed by atoms with Gasteiger partial charge in [0.05, 0.1) is 19.2 Å². The molecule has 3 aromatic heterocycles. The first-order valence-electron chi connectivity index (χ1n) is 16.7. The third-order valence-electron chi connectivity index (χ3n) is 8.59. The minimum Gasteiger partial charge on any atom is -0.457 e. The van der Waals surface area contributed by atoms with Crippen LogP contribution in [0, 0.1) is 0 Å². The van der Waals surface area contributed by atoms with Crippen LogP contribution in [0.1, 0.15) is 30.5 Å². The first-order valence-corrected chi connectivity index (χ1v) is 21.6. The number of carbonyl (C=O) groups is 4. The maximum atomic E-state index is 14.6. The predicted molar refractivity (Wildman–Crippen MR) is 227 cm³/mol. The van der Waals surface area contributed by atoms with Crippen LogP contribution < -0.4 is 4.74 Å². The molecule has 0 radical (unpaired) electrons. The summed E-state index contributed by atoms with van der Waals surface area (Å²) in [5.41, 5.74) is -0.841. The van der Waals surface area contributed by atoms with Crippen molar-refractivity contribution in [1.82, 2.24) is 9.80 Å². The number of nitrogens with zero attached hydrogens (tertiary/aromatic N) is 4. The molecule has 2 amide bonds. The minimum atomic E-state index is -2.42. The van der Waals surface area contributed by atoms with Gasteiger partial charge in [0.15, 0.2) is 15.8 Å². The summed E-state index contributed by atoms with van der Waals surface area (Å²) in [6.07, 6.45) is 0. The summed E-state index contributed by atoms with van der Waals surface area (Å²) in [4.78, 5) is 68.8. The van der Waals surface area contributed by atoms with Gasteiger partial charge in [-0.3, -0.25) is 19.4 Å². The van der Waals surface area contributed by atoms with Crippen molar-refractivity contribution < 1.29 is 33.4 Å². The number of aliphatic imine (C=N–C) groups is 2. The van der Waals surface area contributed by atoms with E-state index in [0.29, 0.717) is 57.3 Å². The Morgan fingerprint density at radius 3 is 1.73 bits per heavy atom. The van der Waals surface area contributed by atoms with Gasteiger partial charge in [-0.25, -0.2) is 19.6 Å². The summed E-state index contributed by atoms with van der Waals surface area (Å²) in [5, 5.41) is 1.30. The van der Waals surface area contributed by atoms with Gasteiger partial charge in [-0.05, 0) is 60.6 Å². The Kier molecular flexibility index (Phi) is 10.5. The molecule has 3 aliphatic heterocycles. The average Bonchev–Trinajstić information content (AvgIpc) is 3.98. The van der Waals surface area contributed by atoms with E-state index in [2.05, 4.69) is 9.98 Å². The summed E-state index contributed by atoms with van der Waals surface area (Å²) in [7, 11) is 0. The SMILES string of the molecule is CCN1C(=O)C(=Nc2cc3c(s2)-c2sc4cc(N=C5SC(=S)N(CC)C5=O)sc4c2OC3(C(=O)OCc2ccccc2)C(=O)OCc2ccccc2)SC1=S. The van der Waals surface area contributed by atoms with Gasteiger partial charge < -0.3 is 14.2 Å². The molecule has 0 unspecified atom stereocenters. The highest BCUT2D eigenvalue weighted by Crippen LogP contribution is 2.60. The van der Waals surface area contributed by atoms with E-state index in [-0.39, 0.29) is 46.4 Å². The molecule has 55 heavy (non-hydrogen) atoms. The molecule has 0 atom stereocenters. The zero-order valence-corrected chi connectivity index (χ0v) is 34.5. The van der Waals surface area contributed by atoms with Gasteiger partial charge in [0.25, 0.3) is 11.8 Å². The number of hydrogen-bond acceptors (Lipinski definition) is 16. The molecule has 18 heteroatoms. The van der Waals surface area contributed by atoms with Crippen LogP contribution >= 0.6 is 82.0 Å². The predicted octanol–water partition coefficient (Wildman–Crippen LogP) is 8.59. The molecular weight excluding hydrogens is 837 g/mol. The third kappa shape index (κ3) is 6.83. The van der Waals surface area contributed by atoms with Gasteiger partial charge in [0, 0.05) is 18.7 Å². The highest BCUT2D eigenvalue weighted by Gasteiger charge is 2.59. The van der Waals surface area contributed by atoms with Crippen molar-refractivity contribution >= 4 is 144 Å². The van der Waals surface area contributed by atoms with Gasteiger partial charge in [-0.15, -0.1) is 34.0 Å². The molecule has 2 aromatic carbocycles. The summed E-state index contributed by atoms with van der Waals surface area (Å²) in [5.74, 6) is -2.31. The van der Waals surface area contributed by atoms with Crippen LogP contribution in [0.15, 0.2) is 82.8 Å². The number of fused-ring (bicyclic) bond motifs is 5. The molecule has 0 bridgehead atoms. The van der Waals surface area contributed by atoms with E-state index in [1.807, 2.05) is 56.3 Å². The molecule has 3 aliphatic rings. The summed E-state index contributed by atoms with van der Waals surface area (Å²) in [6.45, 7) is 4.20. The number of thioether (sulfide) groups is 2. The molecule has 2 saturated heterocycles. The summed E-state index contributed by atoms with van der Waals surface area (Å²) in [6, 6.07) is 21.6. The van der Waals surface area contributed by atoms with Crippen molar-refractivity contribution in [3.8, 4) is 15.5 Å². The van der Waals surface area contributed by atoms with Gasteiger partial charge in [0.1, 0.15) is 31.9 Å². The first-order chi connectivity index (χ1) is 26.6. The molecule has 278 valence electrons. The van der Waals surface area contributed by atoms with Crippen LogP contribution in [0.4, 0.5) is 10.0 Å². The van der Waals surface area contributed by atoms with E-state index in [4.69, 9.17) is 38.6 Å². The molecular formula is C37H26N4O7S7. The number of esters is 2. The second kappa shape index (κ2) is 15.3. The van der Waals surface area contributed by atoms with Crippen molar-refractivity contribution in [1.29, 1.82) is 0 Å². The Balaban J connectivity index is 1.26. The Bertz CT molecular complexity index is 2430. The monoisotopic (exact) mass is 862 g/mol. The lowest BCUT2D eigenvalue weighted by molar-refractivity contribution is -0.183. The topological polar surface area (TPSA) is 127 Å². The minimum absolute atomic E-state index is 0.143. The number of carbonyl (C=O) groups excluding carboxylic acids is 4. The van der Waals surface area contributed by atoms with Crippen molar-refractivity contribution in [2.45, 2.75) is 32.7 Å². The lowest BCUT2D eigenvalue weighted by Gasteiger charge is -2.33. The molecule has 11 nitrogen and oxygen atoms in total. The second-order valence-electron chi connectivity index (χ2n) is 11.9. The molecule has 0 aliphatic carbocycles. The van der Waals surface area contributed by atoms with Crippen LogP contribution in [0.5, 0.6) is 5.75 Å². The molecule has 0 spiro atoms. The standard InChI is InChI=1S/C37H26N4O7S7/c1-3-40-31(42)29(54-35(40)49)38-23-15-21-26(52-23)28-25(27-22(51-28)16-24(53-27)39-30-32(43)41(4-2)36(50)55-30)48-37(21,33(44)46-17-19-11-7-5-8-12-19)34(45)47-18-20-13-9-6-10-14-20/h5-16H,3-4,17-18H2,1-2H3. The van der Waals surface area contributed by atoms with Crippen molar-refractivity contribution in [3.63, 3.8) is 0 Å². The highest BCUT2D eigenvalue weighted by atomic mass is 32.2. The van der Waals surface area contributed by atoms with Crippen molar-refractivity contribution in [2.24, 2.45) is 9.98 Å². The van der Waals surface area contributed by atoms with Gasteiger partial charge in [0.2, 0.25) is 0 Å². The van der Waals surface area contributed by atoms with Crippen LogP contribution in [0.25, 0.3) is 19.2 Å². The number of thiocarbonyl (C=S) groups is 2. The van der Waals surface area contributed by atoms with Crippen molar-refractivity contribution in [3.05, 3.63) is 89.5 Å². The fourth-order valence-electron chi connectivity index (χ4n) is 5.91. The third-order valence-corrected chi connectivity index (χ3v) is 14.7. The van der Waals surface area contributed by atoms with Crippen LogP contribution in [-0.2, 0) is 47.5 Å². The number of hydrogen-bond donors (Lipinski definition) is 0. The Hall–Kier alpha value is -4.30. The fourth-order valence-corrected chi connectivity index (χ4v) is 12.2.